The van der Waals surface area contributed by atoms with E-state index in [0.717, 1.165) is 11.1 Å². The summed E-state index contributed by atoms with van der Waals surface area (Å²) in [5.41, 5.74) is 1.69. The molecule has 2 amide bonds. The largest absolute Gasteiger partial charge is 0.481 e. The molecule has 0 saturated heterocycles. The van der Waals surface area contributed by atoms with Crippen molar-refractivity contribution in [3.8, 4) is 11.5 Å². The summed E-state index contributed by atoms with van der Waals surface area (Å²) in [6.45, 7) is 7.57. The SMILES string of the molecule is Cc1cc(Cl)ccc1O[C@@H](C)C(=O)NCCNC(=O)[C@H](C)Oc1ccc(Cl)cc1C. The molecule has 2 atom stereocenters. The van der Waals surface area contributed by atoms with Crippen LogP contribution in [-0.4, -0.2) is 37.1 Å². The number of carbonyl (C=O) groups excluding carboxylic acids is 2. The lowest BCUT2D eigenvalue weighted by atomic mass is 10.2. The van der Waals surface area contributed by atoms with Crippen molar-refractivity contribution in [2.24, 2.45) is 0 Å². The fourth-order valence-corrected chi connectivity index (χ4v) is 3.09. The third-order valence-electron chi connectivity index (χ3n) is 4.34. The van der Waals surface area contributed by atoms with Crippen molar-refractivity contribution in [3.63, 3.8) is 0 Å². The van der Waals surface area contributed by atoms with Crippen LogP contribution < -0.4 is 20.1 Å². The number of nitrogens with one attached hydrogen (secondary N) is 2. The van der Waals surface area contributed by atoms with Crippen molar-refractivity contribution in [1.29, 1.82) is 0 Å². The molecular formula is C22H26Cl2N2O4. The van der Waals surface area contributed by atoms with E-state index in [4.69, 9.17) is 32.7 Å². The van der Waals surface area contributed by atoms with Gasteiger partial charge in [0.2, 0.25) is 0 Å². The molecule has 0 heterocycles. The van der Waals surface area contributed by atoms with Gasteiger partial charge in [0.05, 0.1) is 0 Å². The van der Waals surface area contributed by atoms with Crippen LogP contribution in [0.15, 0.2) is 36.4 Å². The van der Waals surface area contributed by atoms with Crippen LogP contribution in [0.3, 0.4) is 0 Å². The molecule has 0 fully saturated rings. The van der Waals surface area contributed by atoms with Crippen LogP contribution in [0.4, 0.5) is 0 Å². The van der Waals surface area contributed by atoms with E-state index >= 15 is 0 Å². The Kier molecular flexibility index (Phi) is 8.81. The highest BCUT2D eigenvalue weighted by molar-refractivity contribution is 6.31. The molecule has 2 N–H and O–H groups in total. The number of aryl methyl sites for hydroxylation is 2. The van der Waals surface area contributed by atoms with Gasteiger partial charge in [0.25, 0.3) is 11.8 Å². The second kappa shape index (κ2) is 11.1. The van der Waals surface area contributed by atoms with Gasteiger partial charge in [-0.3, -0.25) is 9.59 Å². The molecule has 0 aromatic heterocycles. The van der Waals surface area contributed by atoms with Crippen molar-refractivity contribution < 1.29 is 19.1 Å². The first-order valence-corrected chi connectivity index (χ1v) is 10.3. The molecule has 162 valence electrons. The molecule has 6 nitrogen and oxygen atoms in total. The summed E-state index contributed by atoms with van der Waals surface area (Å²) in [6, 6.07) is 10.4. The minimum Gasteiger partial charge on any atom is -0.481 e. The molecule has 0 bridgehead atoms. The van der Waals surface area contributed by atoms with Gasteiger partial charge in [-0.05, 0) is 75.2 Å². The highest BCUT2D eigenvalue weighted by Gasteiger charge is 2.17. The van der Waals surface area contributed by atoms with Gasteiger partial charge in [0.1, 0.15) is 11.5 Å². The van der Waals surface area contributed by atoms with Crippen molar-refractivity contribution in [3.05, 3.63) is 57.6 Å². The normalized spacial score (nSPS) is 12.6. The van der Waals surface area contributed by atoms with E-state index in [2.05, 4.69) is 10.6 Å². The Hall–Kier alpha value is -2.44. The van der Waals surface area contributed by atoms with Crippen molar-refractivity contribution in [1.82, 2.24) is 10.6 Å². The van der Waals surface area contributed by atoms with Crippen molar-refractivity contribution in [2.45, 2.75) is 39.9 Å². The van der Waals surface area contributed by atoms with E-state index in [1.165, 1.54) is 0 Å². The van der Waals surface area contributed by atoms with E-state index in [1.807, 2.05) is 13.8 Å². The number of halogens is 2. The molecule has 30 heavy (non-hydrogen) atoms. The van der Waals surface area contributed by atoms with Gasteiger partial charge in [-0.1, -0.05) is 23.2 Å². The first-order valence-electron chi connectivity index (χ1n) is 9.58. The number of ether oxygens (including phenoxy) is 2. The summed E-state index contributed by atoms with van der Waals surface area (Å²) in [5.74, 6) is 0.636. The van der Waals surface area contributed by atoms with Gasteiger partial charge in [-0.15, -0.1) is 0 Å². The zero-order valence-corrected chi connectivity index (χ0v) is 18.9. The summed E-state index contributed by atoms with van der Waals surface area (Å²) in [6.07, 6.45) is -1.37. The third kappa shape index (κ3) is 7.11. The van der Waals surface area contributed by atoms with E-state index in [0.29, 0.717) is 21.5 Å². The summed E-state index contributed by atoms with van der Waals surface area (Å²) in [7, 11) is 0. The molecule has 0 aliphatic rings. The Balaban J connectivity index is 1.72. The molecule has 2 rings (SSSR count). The predicted octanol–water partition coefficient (Wildman–Crippen LogP) is 4.08. The van der Waals surface area contributed by atoms with Gasteiger partial charge in [0, 0.05) is 23.1 Å². The molecule has 2 aromatic rings. The maximum absolute atomic E-state index is 12.2. The lowest BCUT2D eigenvalue weighted by molar-refractivity contribution is -0.129. The van der Waals surface area contributed by atoms with Gasteiger partial charge < -0.3 is 20.1 Å². The minimum atomic E-state index is -0.685. The van der Waals surface area contributed by atoms with Gasteiger partial charge >= 0.3 is 0 Å². The van der Waals surface area contributed by atoms with Crippen LogP contribution in [0.2, 0.25) is 10.0 Å². The smallest absolute Gasteiger partial charge is 0.260 e. The summed E-state index contributed by atoms with van der Waals surface area (Å²) >= 11 is 11.8. The zero-order valence-electron chi connectivity index (χ0n) is 17.4. The molecule has 0 saturated carbocycles. The Bertz CT molecular complexity index is 831. The maximum atomic E-state index is 12.2. The molecule has 2 aromatic carbocycles. The van der Waals surface area contributed by atoms with Crippen molar-refractivity contribution >= 4 is 35.0 Å². The highest BCUT2D eigenvalue weighted by atomic mass is 35.5. The second-order valence-electron chi connectivity index (χ2n) is 6.92. The van der Waals surface area contributed by atoms with Crippen LogP contribution in [0.25, 0.3) is 0 Å². The molecule has 0 aliphatic carbocycles. The van der Waals surface area contributed by atoms with Crippen LogP contribution in [0.1, 0.15) is 25.0 Å². The Labute approximate surface area is 186 Å². The third-order valence-corrected chi connectivity index (χ3v) is 4.81. The van der Waals surface area contributed by atoms with Gasteiger partial charge in [-0.25, -0.2) is 0 Å². The highest BCUT2D eigenvalue weighted by Crippen LogP contribution is 2.23. The number of rotatable bonds is 9. The first-order chi connectivity index (χ1) is 14.2. The number of amides is 2. The number of carbonyl (C=O) groups is 2. The zero-order chi connectivity index (χ0) is 22.3. The van der Waals surface area contributed by atoms with Gasteiger partial charge in [-0.2, -0.15) is 0 Å². The molecule has 0 aliphatic heterocycles. The predicted molar refractivity (Wildman–Crippen MR) is 119 cm³/mol. The number of hydrogen-bond donors (Lipinski definition) is 2. The minimum absolute atomic E-state index is 0.268. The van der Waals surface area contributed by atoms with E-state index in [-0.39, 0.29) is 24.9 Å². The summed E-state index contributed by atoms with van der Waals surface area (Å²) in [4.78, 5) is 24.4. The fourth-order valence-electron chi connectivity index (χ4n) is 2.64. The number of benzene rings is 2. The van der Waals surface area contributed by atoms with Gasteiger partial charge in [0.15, 0.2) is 12.2 Å². The second-order valence-corrected chi connectivity index (χ2v) is 7.79. The van der Waals surface area contributed by atoms with E-state index < -0.39 is 12.2 Å². The first kappa shape index (κ1) is 23.8. The average molecular weight is 453 g/mol. The van der Waals surface area contributed by atoms with Crippen LogP contribution in [-0.2, 0) is 9.59 Å². The topological polar surface area (TPSA) is 76.7 Å². The standard InChI is InChI=1S/C22H26Cl2N2O4/c1-13-11-17(23)5-7-19(13)29-15(3)21(27)25-9-10-26-22(28)16(4)30-20-8-6-18(24)12-14(20)2/h5-8,11-12,15-16H,9-10H2,1-4H3,(H,25,27)(H,26,28)/t15-,16-/m0/s1. The molecule has 0 spiro atoms. The average Bonchev–Trinajstić information content (AvgIpc) is 2.68. The lowest BCUT2D eigenvalue weighted by Gasteiger charge is -2.18. The lowest BCUT2D eigenvalue weighted by Crippen LogP contribution is -2.43. The van der Waals surface area contributed by atoms with E-state index in [1.54, 1.807) is 50.2 Å². The quantitative estimate of drug-likeness (QED) is 0.561. The maximum Gasteiger partial charge on any atom is 0.260 e. The number of hydrogen-bond acceptors (Lipinski definition) is 4. The molecule has 0 unspecified atom stereocenters. The van der Waals surface area contributed by atoms with Crippen molar-refractivity contribution in [2.75, 3.05) is 13.1 Å². The van der Waals surface area contributed by atoms with Crippen LogP contribution in [0.5, 0.6) is 11.5 Å². The Morgan fingerprint density at radius 2 is 1.17 bits per heavy atom. The summed E-state index contributed by atoms with van der Waals surface area (Å²) in [5, 5.41) is 6.68. The molecule has 8 heteroatoms. The molecule has 0 radical (unpaired) electrons. The molecular weight excluding hydrogens is 427 g/mol. The Morgan fingerprint density at radius 1 is 0.800 bits per heavy atom. The fraction of sp³-hybridized carbons (Fsp3) is 0.364. The summed E-state index contributed by atoms with van der Waals surface area (Å²) < 4.78 is 11.4. The van der Waals surface area contributed by atoms with E-state index in [9.17, 15) is 9.59 Å². The monoisotopic (exact) mass is 452 g/mol. The van der Waals surface area contributed by atoms with Crippen LogP contribution >= 0.6 is 23.2 Å². The Morgan fingerprint density at radius 3 is 1.50 bits per heavy atom. The van der Waals surface area contributed by atoms with Crippen LogP contribution in [0, 0.1) is 13.8 Å².